The van der Waals surface area contributed by atoms with E-state index in [-0.39, 0.29) is 19.2 Å². The summed E-state index contributed by atoms with van der Waals surface area (Å²) in [5, 5.41) is 8.61. The smallest absolute Gasteiger partial charge is 0.333 e. The van der Waals surface area contributed by atoms with Crippen LogP contribution in [0.1, 0.15) is 13.8 Å². The van der Waals surface area contributed by atoms with Crippen molar-refractivity contribution in [3.63, 3.8) is 0 Å². The molecule has 0 aromatic carbocycles. The van der Waals surface area contributed by atoms with Gasteiger partial charge in [0.1, 0.15) is 6.61 Å². The third-order valence-electron chi connectivity index (χ3n) is 10.0. The van der Waals surface area contributed by atoms with Crippen molar-refractivity contribution in [2.75, 3.05) is 330 Å². The van der Waals surface area contributed by atoms with Crippen molar-refractivity contribution in [1.82, 2.24) is 0 Å². The normalized spacial score (nSPS) is 11.9. The molecular formula is C55H108O27. The van der Waals surface area contributed by atoms with E-state index in [0.717, 1.165) is 0 Å². The Morgan fingerprint density at radius 1 is 0.220 bits per heavy atom. The Bertz CT molecular complexity index is 1220. The molecule has 27 nitrogen and oxygen atoms in total. The second-order valence-electron chi connectivity index (χ2n) is 16.5. The van der Waals surface area contributed by atoms with Gasteiger partial charge in [0.15, 0.2) is 0 Å². The van der Waals surface area contributed by atoms with Gasteiger partial charge in [-0.15, -0.1) is 0 Å². The standard InChI is InChI=1S/C55H108O27/c1-3-54(2)55(57)82-53-52-81-51-50-80-49-48-79-47-46-78-45-44-77-43-42-76-41-40-75-39-38-74-37-36-73-35-34-72-33-32-71-31-30-70-29-28-69-27-26-68-25-24-67-23-22-66-21-20-65-19-18-64-17-16-63-15-14-62-13-12-61-11-10-60-9-8-59-7-6-58-5-4-56/h3,56H,4-53H2,1-2H3. The Balaban J connectivity index is 3.09. The lowest BCUT2D eigenvalue weighted by atomic mass is 10.3. The maximum atomic E-state index is 11.5. The summed E-state index contributed by atoms with van der Waals surface area (Å²) in [6.07, 6.45) is 1.71. The van der Waals surface area contributed by atoms with E-state index in [1.165, 1.54) is 0 Å². The van der Waals surface area contributed by atoms with Crippen LogP contribution in [0.25, 0.3) is 0 Å². The molecule has 0 radical (unpaired) electrons. The highest BCUT2D eigenvalue weighted by atomic mass is 16.6. The number of esters is 1. The van der Waals surface area contributed by atoms with E-state index in [1.807, 2.05) is 0 Å². The maximum absolute atomic E-state index is 11.5. The van der Waals surface area contributed by atoms with Crippen molar-refractivity contribution in [2.45, 2.75) is 13.8 Å². The van der Waals surface area contributed by atoms with Gasteiger partial charge in [0, 0.05) is 5.57 Å². The average Bonchev–Trinajstić information content (AvgIpc) is 3.49. The predicted octanol–water partition coefficient (Wildman–Crippen LogP) is 0.886. The van der Waals surface area contributed by atoms with E-state index in [1.54, 1.807) is 19.9 Å². The minimum Gasteiger partial charge on any atom is -0.460 e. The van der Waals surface area contributed by atoms with Crippen molar-refractivity contribution >= 4 is 5.97 Å². The molecule has 0 heterocycles. The summed E-state index contributed by atoms with van der Waals surface area (Å²) >= 11 is 0. The Kier molecular flexibility index (Phi) is 73.7. The maximum Gasteiger partial charge on any atom is 0.333 e. The number of allylic oxidation sites excluding steroid dienone is 1. The molecule has 0 saturated heterocycles. The van der Waals surface area contributed by atoms with Crippen LogP contribution in [0, 0.1) is 0 Å². The quantitative estimate of drug-likeness (QED) is 0.0503. The van der Waals surface area contributed by atoms with Crippen LogP contribution in [-0.4, -0.2) is 341 Å². The molecule has 1 N–H and O–H groups in total. The lowest BCUT2D eigenvalue weighted by Crippen LogP contribution is -2.16. The molecular weight excluding hydrogens is 1090 g/mol. The Morgan fingerprint density at radius 2 is 0.329 bits per heavy atom. The first-order valence-electron chi connectivity index (χ1n) is 29.0. The third-order valence-corrected chi connectivity index (χ3v) is 10.0. The molecule has 27 heteroatoms. The SMILES string of the molecule is CC=C(C)C(=O)OCCOCCOCCOCCOCCOCCOCCOCCOCCOCCOCCOCCOCCOCCOCCOCCOCCOCCOCCOCCOCCOCCOCCOCCOCCO. The van der Waals surface area contributed by atoms with Gasteiger partial charge < -0.3 is 124 Å². The monoisotopic (exact) mass is 1200 g/mol. The van der Waals surface area contributed by atoms with Gasteiger partial charge in [-0.2, -0.15) is 0 Å². The lowest BCUT2D eigenvalue weighted by molar-refractivity contribution is -0.140. The lowest BCUT2D eigenvalue weighted by Gasteiger charge is -2.09. The van der Waals surface area contributed by atoms with Crippen LogP contribution >= 0.6 is 0 Å². The zero-order valence-electron chi connectivity index (χ0n) is 50.0. The minimum absolute atomic E-state index is 0.0169. The molecule has 0 atom stereocenters. The molecule has 0 spiro atoms. The number of carbonyl (C=O) groups excluding carboxylic acids is 1. The number of aliphatic hydroxyl groups is 1. The zero-order chi connectivity index (χ0) is 58.9. The summed E-state index contributed by atoms with van der Waals surface area (Å²) in [4.78, 5) is 11.5. The van der Waals surface area contributed by atoms with Gasteiger partial charge in [-0.3, -0.25) is 0 Å². The number of ether oxygens (including phenoxy) is 25. The summed E-state index contributed by atoms with van der Waals surface area (Å²) in [6.45, 7) is 26.5. The molecule has 0 amide bonds. The van der Waals surface area contributed by atoms with Gasteiger partial charge in [-0.05, 0) is 13.8 Å². The fourth-order valence-corrected chi connectivity index (χ4v) is 5.65. The van der Waals surface area contributed by atoms with Crippen molar-refractivity contribution in [1.29, 1.82) is 0 Å². The van der Waals surface area contributed by atoms with Gasteiger partial charge in [-0.1, -0.05) is 6.08 Å². The molecule has 0 aliphatic carbocycles. The molecule has 0 aliphatic rings. The zero-order valence-corrected chi connectivity index (χ0v) is 50.0. The molecule has 0 fully saturated rings. The van der Waals surface area contributed by atoms with Crippen LogP contribution < -0.4 is 0 Å². The summed E-state index contributed by atoms with van der Waals surface area (Å²) in [5.41, 5.74) is 0.577. The molecule has 0 saturated carbocycles. The number of hydrogen-bond donors (Lipinski definition) is 1. The summed E-state index contributed by atoms with van der Waals surface area (Å²) in [7, 11) is 0. The van der Waals surface area contributed by atoms with E-state index in [0.29, 0.717) is 323 Å². The highest BCUT2D eigenvalue weighted by Gasteiger charge is 2.04. The number of hydrogen-bond acceptors (Lipinski definition) is 27. The summed E-state index contributed by atoms with van der Waals surface area (Å²) in [6, 6.07) is 0. The summed E-state index contributed by atoms with van der Waals surface area (Å²) < 4.78 is 136. The van der Waals surface area contributed by atoms with E-state index in [9.17, 15) is 4.79 Å². The summed E-state index contributed by atoms with van der Waals surface area (Å²) in [5.74, 6) is -0.329. The Labute approximate surface area is 489 Å². The molecule has 490 valence electrons. The van der Waals surface area contributed by atoms with Gasteiger partial charge in [0.2, 0.25) is 0 Å². The van der Waals surface area contributed by atoms with E-state index in [4.69, 9.17) is 124 Å². The number of carbonyl (C=O) groups is 1. The van der Waals surface area contributed by atoms with Crippen LogP contribution in [0.5, 0.6) is 0 Å². The first-order chi connectivity index (χ1) is 40.7. The molecule has 0 unspecified atom stereocenters. The largest absolute Gasteiger partial charge is 0.460 e. The molecule has 0 aromatic heterocycles. The van der Waals surface area contributed by atoms with Crippen LogP contribution in [0.2, 0.25) is 0 Å². The highest BCUT2D eigenvalue weighted by Crippen LogP contribution is 1.96. The van der Waals surface area contributed by atoms with Crippen molar-refractivity contribution in [3.05, 3.63) is 11.6 Å². The number of aliphatic hydroxyl groups excluding tert-OH is 1. The van der Waals surface area contributed by atoms with Crippen molar-refractivity contribution in [2.24, 2.45) is 0 Å². The van der Waals surface area contributed by atoms with Crippen LogP contribution in [-0.2, 0) is 123 Å². The highest BCUT2D eigenvalue weighted by molar-refractivity contribution is 5.87. The number of rotatable bonds is 75. The average molecular weight is 1200 g/mol. The molecule has 0 aromatic rings. The molecule has 0 bridgehead atoms. The van der Waals surface area contributed by atoms with Gasteiger partial charge in [0.05, 0.1) is 324 Å². The van der Waals surface area contributed by atoms with Crippen molar-refractivity contribution in [3.8, 4) is 0 Å². The molecule has 82 heavy (non-hydrogen) atoms. The Morgan fingerprint density at radius 3 is 0.439 bits per heavy atom. The minimum atomic E-state index is -0.329. The topological polar surface area (TPSA) is 268 Å². The molecule has 0 rings (SSSR count). The first-order valence-corrected chi connectivity index (χ1v) is 29.0. The van der Waals surface area contributed by atoms with Gasteiger partial charge >= 0.3 is 5.97 Å². The van der Waals surface area contributed by atoms with E-state index < -0.39 is 0 Å². The van der Waals surface area contributed by atoms with E-state index >= 15 is 0 Å². The van der Waals surface area contributed by atoms with E-state index in [2.05, 4.69) is 0 Å². The van der Waals surface area contributed by atoms with Crippen LogP contribution in [0.15, 0.2) is 11.6 Å². The second kappa shape index (κ2) is 75.3. The fraction of sp³-hybridized carbons (Fsp3) is 0.945. The second-order valence-corrected chi connectivity index (χ2v) is 16.5. The predicted molar refractivity (Wildman–Crippen MR) is 297 cm³/mol. The van der Waals surface area contributed by atoms with Gasteiger partial charge in [-0.25, -0.2) is 4.79 Å². The van der Waals surface area contributed by atoms with Gasteiger partial charge in [0.25, 0.3) is 0 Å². The molecule has 0 aliphatic heterocycles. The third kappa shape index (κ3) is 72.5. The Hall–Kier alpha value is -1.79. The van der Waals surface area contributed by atoms with Crippen molar-refractivity contribution < 1.29 is 128 Å². The fourth-order valence-electron chi connectivity index (χ4n) is 5.65. The van der Waals surface area contributed by atoms with Crippen LogP contribution in [0.3, 0.4) is 0 Å². The first kappa shape index (κ1) is 80.2. The van der Waals surface area contributed by atoms with Crippen LogP contribution in [0.4, 0.5) is 0 Å².